The minimum Gasteiger partial charge on any atom is -0.486 e. The van der Waals surface area contributed by atoms with E-state index in [1.807, 2.05) is 56.3 Å². The molecule has 0 spiro atoms. The van der Waals surface area contributed by atoms with Crippen LogP contribution in [0.25, 0.3) is 0 Å². The molecule has 2 aromatic carbocycles. The summed E-state index contributed by atoms with van der Waals surface area (Å²) in [5.74, 6) is 0.680. The Morgan fingerprint density at radius 3 is 2.69 bits per heavy atom. The SMILES string of the molecule is Cc1cccc(OCc2nc(C(=O)N[C@@H](C)c3ccccc3)cs2)c1C. The minimum absolute atomic E-state index is 0.0694. The van der Waals surface area contributed by atoms with Gasteiger partial charge in [0.05, 0.1) is 6.04 Å². The van der Waals surface area contributed by atoms with Crippen molar-refractivity contribution in [3.05, 3.63) is 81.3 Å². The lowest BCUT2D eigenvalue weighted by Crippen LogP contribution is -2.26. The predicted octanol–water partition coefficient (Wildman–Crippen LogP) is 4.83. The van der Waals surface area contributed by atoms with Gasteiger partial charge in [-0.1, -0.05) is 42.5 Å². The first-order chi connectivity index (χ1) is 12.5. The smallest absolute Gasteiger partial charge is 0.271 e. The Morgan fingerprint density at radius 1 is 1.15 bits per heavy atom. The lowest BCUT2D eigenvalue weighted by Gasteiger charge is -2.13. The Labute approximate surface area is 157 Å². The highest BCUT2D eigenvalue weighted by Gasteiger charge is 2.15. The summed E-state index contributed by atoms with van der Waals surface area (Å²) >= 11 is 1.43. The average Bonchev–Trinajstić information content (AvgIpc) is 3.13. The summed E-state index contributed by atoms with van der Waals surface area (Å²) in [5.41, 5.74) is 3.81. The fraction of sp³-hybridized carbons (Fsp3) is 0.238. The third kappa shape index (κ3) is 4.29. The summed E-state index contributed by atoms with van der Waals surface area (Å²) < 4.78 is 5.86. The highest BCUT2D eigenvalue weighted by Crippen LogP contribution is 2.22. The molecule has 1 aromatic heterocycles. The van der Waals surface area contributed by atoms with E-state index < -0.39 is 0 Å². The van der Waals surface area contributed by atoms with Crippen LogP contribution in [-0.4, -0.2) is 10.9 Å². The summed E-state index contributed by atoms with van der Waals surface area (Å²) in [6.45, 7) is 6.42. The number of rotatable bonds is 6. The van der Waals surface area contributed by atoms with Crippen molar-refractivity contribution in [2.75, 3.05) is 0 Å². The molecule has 1 heterocycles. The van der Waals surface area contributed by atoms with Gasteiger partial charge in [0, 0.05) is 5.38 Å². The maximum absolute atomic E-state index is 12.4. The monoisotopic (exact) mass is 366 g/mol. The van der Waals surface area contributed by atoms with E-state index in [0.717, 1.165) is 21.9 Å². The molecule has 0 radical (unpaired) electrons. The Balaban J connectivity index is 1.60. The Hall–Kier alpha value is -2.66. The van der Waals surface area contributed by atoms with Crippen LogP contribution in [0.2, 0.25) is 0 Å². The van der Waals surface area contributed by atoms with Gasteiger partial charge in [0.15, 0.2) is 0 Å². The lowest BCUT2D eigenvalue weighted by molar-refractivity contribution is 0.0935. The van der Waals surface area contributed by atoms with Crippen LogP contribution in [0, 0.1) is 13.8 Å². The minimum atomic E-state index is -0.171. The number of nitrogens with one attached hydrogen (secondary N) is 1. The molecule has 0 aliphatic carbocycles. The average molecular weight is 366 g/mol. The van der Waals surface area contributed by atoms with E-state index in [1.54, 1.807) is 5.38 Å². The summed E-state index contributed by atoms with van der Waals surface area (Å²) in [7, 11) is 0. The Kier molecular flexibility index (Phi) is 5.68. The Bertz CT molecular complexity index is 890. The van der Waals surface area contributed by atoms with Gasteiger partial charge in [0.2, 0.25) is 0 Å². The number of aromatic nitrogens is 1. The highest BCUT2D eigenvalue weighted by atomic mass is 32.1. The zero-order valence-electron chi connectivity index (χ0n) is 15.2. The van der Waals surface area contributed by atoms with Gasteiger partial charge in [-0.25, -0.2) is 4.98 Å². The fourth-order valence-corrected chi connectivity index (χ4v) is 3.28. The van der Waals surface area contributed by atoms with E-state index in [2.05, 4.69) is 23.3 Å². The molecule has 26 heavy (non-hydrogen) atoms. The summed E-state index contributed by atoms with van der Waals surface area (Å²) in [6.07, 6.45) is 0. The van der Waals surface area contributed by atoms with Crippen molar-refractivity contribution in [1.82, 2.24) is 10.3 Å². The van der Waals surface area contributed by atoms with E-state index in [9.17, 15) is 4.79 Å². The number of hydrogen-bond acceptors (Lipinski definition) is 4. The van der Waals surface area contributed by atoms with Crippen molar-refractivity contribution >= 4 is 17.2 Å². The van der Waals surface area contributed by atoms with Gasteiger partial charge < -0.3 is 10.1 Å². The van der Waals surface area contributed by atoms with Gasteiger partial charge in [0.25, 0.3) is 5.91 Å². The third-order valence-corrected chi connectivity index (χ3v) is 5.16. The van der Waals surface area contributed by atoms with Crippen LogP contribution in [0.3, 0.4) is 0 Å². The standard InChI is InChI=1S/C21H22N2O2S/c1-14-8-7-11-19(15(14)2)25-12-20-23-18(13-26-20)21(24)22-16(3)17-9-5-4-6-10-17/h4-11,13,16H,12H2,1-3H3,(H,22,24)/t16-/m0/s1. The number of carbonyl (C=O) groups is 1. The first kappa shape index (κ1) is 18.1. The van der Waals surface area contributed by atoms with Crippen molar-refractivity contribution in [3.63, 3.8) is 0 Å². The van der Waals surface area contributed by atoms with Gasteiger partial charge in [-0.2, -0.15) is 0 Å². The molecular formula is C21H22N2O2S. The van der Waals surface area contributed by atoms with E-state index in [0.29, 0.717) is 12.3 Å². The predicted molar refractivity (Wildman–Crippen MR) is 105 cm³/mol. The number of hydrogen-bond donors (Lipinski definition) is 1. The van der Waals surface area contributed by atoms with Crippen molar-refractivity contribution in [2.24, 2.45) is 0 Å². The zero-order chi connectivity index (χ0) is 18.5. The largest absolute Gasteiger partial charge is 0.486 e. The maximum atomic E-state index is 12.4. The lowest BCUT2D eigenvalue weighted by atomic mass is 10.1. The molecule has 0 unspecified atom stereocenters. The number of amides is 1. The van der Waals surface area contributed by atoms with Crippen LogP contribution >= 0.6 is 11.3 Å². The van der Waals surface area contributed by atoms with Crippen LogP contribution in [0.4, 0.5) is 0 Å². The van der Waals surface area contributed by atoms with Gasteiger partial charge in [-0.3, -0.25) is 4.79 Å². The number of nitrogens with zero attached hydrogens (tertiary/aromatic N) is 1. The van der Waals surface area contributed by atoms with Crippen molar-refractivity contribution in [1.29, 1.82) is 0 Å². The van der Waals surface area contributed by atoms with Crippen molar-refractivity contribution in [2.45, 2.75) is 33.4 Å². The van der Waals surface area contributed by atoms with Gasteiger partial charge in [-0.15, -0.1) is 11.3 Å². The molecule has 0 saturated carbocycles. The summed E-state index contributed by atoms with van der Waals surface area (Å²) in [6, 6.07) is 15.8. The fourth-order valence-electron chi connectivity index (χ4n) is 2.60. The molecule has 0 bridgehead atoms. The number of carbonyl (C=O) groups excluding carboxylic acids is 1. The second kappa shape index (κ2) is 8.15. The molecule has 4 nitrogen and oxygen atoms in total. The van der Waals surface area contributed by atoms with E-state index in [-0.39, 0.29) is 11.9 Å². The first-order valence-electron chi connectivity index (χ1n) is 8.54. The zero-order valence-corrected chi connectivity index (χ0v) is 16.0. The molecule has 1 N–H and O–H groups in total. The quantitative estimate of drug-likeness (QED) is 0.680. The molecule has 3 aromatic rings. The molecule has 5 heteroatoms. The van der Waals surface area contributed by atoms with Crippen LogP contribution in [-0.2, 0) is 6.61 Å². The molecule has 1 atom stereocenters. The van der Waals surface area contributed by atoms with Gasteiger partial charge in [0.1, 0.15) is 23.1 Å². The number of ether oxygens (including phenoxy) is 1. The topological polar surface area (TPSA) is 51.2 Å². The molecule has 0 aliphatic heterocycles. The molecule has 0 aliphatic rings. The molecule has 3 rings (SSSR count). The van der Waals surface area contributed by atoms with Gasteiger partial charge >= 0.3 is 0 Å². The van der Waals surface area contributed by atoms with Crippen LogP contribution in [0.5, 0.6) is 5.75 Å². The first-order valence-corrected chi connectivity index (χ1v) is 9.42. The number of aryl methyl sites for hydroxylation is 1. The summed E-state index contributed by atoms with van der Waals surface area (Å²) in [4.78, 5) is 16.8. The normalized spacial score (nSPS) is 11.8. The Morgan fingerprint density at radius 2 is 1.92 bits per heavy atom. The van der Waals surface area contributed by atoms with Crippen LogP contribution in [0.1, 0.15) is 45.2 Å². The molecule has 134 valence electrons. The van der Waals surface area contributed by atoms with Crippen molar-refractivity contribution in [3.8, 4) is 5.75 Å². The van der Waals surface area contributed by atoms with Crippen LogP contribution in [0.15, 0.2) is 53.9 Å². The molecular weight excluding hydrogens is 344 g/mol. The van der Waals surface area contributed by atoms with E-state index in [1.165, 1.54) is 16.9 Å². The molecule has 0 fully saturated rings. The second-order valence-electron chi connectivity index (χ2n) is 6.22. The molecule has 0 saturated heterocycles. The molecule has 1 amide bonds. The van der Waals surface area contributed by atoms with Crippen molar-refractivity contribution < 1.29 is 9.53 Å². The van der Waals surface area contributed by atoms with Gasteiger partial charge in [-0.05, 0) is 43.5 Å². The number of benzene rings is 2. The highest BCUT2D eigenvalue weighted by molar-refractivity contribution is 7.09. The number of thiazole rings is 1. The van der Waals surface area contributed by atoms with Crippen LogP contribution < -0.4 is 10.1 Å². The third-order valence-electron chi connectivity index (χ3n) is 4.34. The summed E-state index contributed by atoms with van der Waals surface area (Å²) in [5, 5.41) is 5.53. The van der Waals surface area contributed by atoms with E-state index >= 15 is 0 Å². The van der Waals surface area contributed by atoms with E-state index in [4.69, 9.17) is 4.74 Å². The maximum Gasteiger partial charge on any atom is 0.271 e. The second-order valence-corrected chi connectivity index (χ2v) is 7.16.